The molecule has 0 saturated carbocycles. The molecule has 1 aliphatic rings. The second-order valence-corrected chi connectivity index (χ2v) is 6.28. The van der Waals surface area contributed by atoms with E-state index in [0.717, 1.165) is 24.1 Å². The number of rotatable bonds is 4. The van der Waals surface area contributed by atoms with Gasteiger partial charge in [-0.05, 0) is 41.5 Å². The quantitative estimate of drug-likeness (QED) is 0.927. The average Bonchev–Trinajstić information content (AvgIpc) is 2.45. The maximum Gasteiger partial charge on any atom is 0.335 e. The third-order valence-corrected chi connectivity index (χ3v) is 4.45. The summed E-state index contributed by atoms with van der Waals surface area (Å²) in [6.07, 6.45) is 1.36. The summed E-state index contributed by atoms with van der Waals surface area (Å²) >= 11 is 0. The number of carboxylic acids is 1. The molecule has 4 heteroatoms. The van der Waals surface area contributed by atoms with Gasteiger partial charge < -0.3 is 10.0 Å². The maximum absolute atomic E-state index is 12.4. The number of hydrogen-bond donors (Lipinski definition) is 1. The average molecular weight is 289 g/mol. The number of nitrogens with zero attached hydrogens (tertiary/aromatic N) is 1. The molecule has 1 aliphatic heterocycles. The van der Waals surface area contributed by atoms with Crippen molar-refractivity contribution < 1.29 is 14.7 Å². The molecule has 1 atom stereocenters. The molecule has 0 bridgehead atoms. The smallest absolute Gasteiger partial charge is 0.335 e. The standard InChI is InChI=1S/C17H23NO3/c1-11(2)12(3)8-16(19)18-7-6-13-4-5-14(17(20)21)9-15(13)10-18/h4-5,9,11-12H,6-8,10H2,1-3H3,(H,20,21). The highest BCUT2D eigenvalue weighted by Crippen LogP contribution is 2.23. The van der Waals surface area contributed by atoms with Crippen LogP contribution in [-0.2, 0) is 17.8 Å². The van der Waals surface area contributed by atoms with Crippen LogP contribution in [0.15, 0.2) is 18.2 Å². The molecule has 1 aromatic carbocycles. The van der Waals surface area contributed by atoms with Crippen molar-refractivity contribution >= 4 is 11.9 Å². The van der Waals surface area contributed by atoms with Crippen LogP contribution >= 0.6 is 0 Å². The van der Waals surface area contributed by atoms with E-state index in [-0.39, 0.29) is 5.91 Å². The fraction of sp³-hybridized carbons (Fsp3) is 0.529. The molecule has 0 radical (unpaired) electrons. The zero-order valence-electron chi connectivity index (χ0n) is 12.9. The van der Waals surface area contributed by atoms with Crippen molar-refractivity contribution in [3.8, 4) is 0 Å². The molecule has 1 heterocycles. The van der Waals surface area contributed by atoms with Gasteiger partial charge in [0.05, 0.1) is 5.56 Å². The Morgan fingerprint density at radius 3 is 2.57 bits per heavy atom. The van der Waals surface area contributed by atoms with Gasteiger partial charge in [-0.15, -0.1) is 0 Å². The van der Waals surface area contributed by atoms with Crippen LogP contribution in [0.4, 0.5) is 0 Å². The number of carboxylic acid groups (broad SMARTS) is 1. The monoisotopic (exact) mass is 289 g/mol. The number of hydrogen-bond acceptors (Lipinski definition) is 2. The van der Waals surface area contributed by atoms with Crippen molar-refractivity contribution in [2.24, 2.45) is 11.8 Å². The van der Waals surface area contributed by atoms with Crippen molar-refractivity contribution in [3.63, 3.8) is 0 Å². The predicted octanol–water partition coefficient (Wildman–Crippen LogP) is 2.95. The topological polar surface area (TPSA) is 57.6 Å². The molecule has 1 N–H and O–H groups in total. The molecule has 4 nitrogen and oxygen atoms in total. The second-order valence-electron chi connectivity index (χ2n) is 6.28. The van der Waals surface area contributed by atoms with E-state index < -0.39 is 5.97 Å². The highest BCUT2D eigenvalue weighted by atomic mass is 16.4. The number of amides is 1. The third kappa shape index (κ3) is 3.63. The Hall–Kier alpha value is -1.84. The van der Waals surface area contributed by atoms with Gasteiger partial charge in [-0.25, -0.2) is 4.79 Å². The molecule has 0 fully saturated rings. The molecule has 1 unspecified atom stereocenters. The first kappa shape index (κ1) is 15.5. The third-order valence-electron chi connectivity index (χ3n) is 4.45. The minimum Gasteiger partial charge on any atom is -0.478 e. The SMILES string of the molecule is CC(C)C(C)CC(=O)N1CCc2ccc(C(=O)O)cc2C1. The molecule has 1 amide bonds. The van der Waals surface area contributed by atoms with Gasteiger partial charge >= 0.3 is 5.97 Å². The maximum atomic E-state index is 12.4. The van der Waals surface area contributed by atoms with Crippen LogP contribution in [0.5, 0.6) is 0 Å². The van der Waals surface area contributed by atoms with Gasteiger partial charge in [0, 0.05) is 19.5 Å². The lowest BCUT2D eigenvalue weighted by Gasteiger charge is -2.30. The van der Waals surface area contributed by atoms with E-state index in [1.54, 1.807) is 12.1 Å². The predicted molar refractivity (Wildman–Crippen MR) is 81.1 cm³/mol. The van der Waals surface area contributed by atoms with Gasteiger partial charge in [-0.2, -0.15) is 0 Å². The van der Waals surface area contributed by atoms with Crippen LogP contribution in [0.25, 0.3) is 0 Å². The number of fused-ring (bicyclic) bond motifs is 1. The number of aromatic carboxylic acids is 1. The Morgan fingerprint density at radius 2 is 1.95 bits per heavy atom. The summed E-state index contributed by atoms with van der Waals surface area (Å²) in [7, 11) is 0. The van der Waals surface area contributed by atoms with Gasteiger partial charge in [0.25, 0.3) is 0 Å². The summed E-state index contributed by atoms with van der Waals surface area (Å²) < 4.78 is 0. The van der Waals surface area contributed by atoms with E-state index >= 15 is 0 Å². The zero-order chi connectivity index (χ0) is 15.6. The Bertz CT molecular complexity index is 551. The fourth-order valence-electron chi connectivity index (χ4n) is 2.54. The fourth-order valence-corrected chi connectivity index (χ4v) is 2.54. The van der Waals surface area contributed by atoms with Gasteiger partial charge in [0.2, 0.25) is 5.91 Å². The van der Waals surface area contributed by atoms with Crippen LogP contribution in [0.1, 0.15) is 48.7 Å². The van der Waals surface area contributed by atoms with E-state index in [2.05, 4.69) is 20.8 Å². The summed E-state index contributed by atoms with van der Waals surface area (Å²) in [5, 5.41) is 9.06. The second kappa shape index (κ2) is 6.29. The Labute approximate surface area is 125 Å². The lowest BCUT2D eigenvalue weighted by Crippen LogP contribution is -2.37. The first-order valence-electron chi connectivity index (χ1n) is 7.51. The summed E-state index contributed by atoms with van der Waals surface area (Å²) in [4.78, 5) is 25.2. The summed E-state index contributed by atoms with van der Waals surface area (Å²) in [6.45, 7) is 7.61. The summed E-state index contributed by atoms with van der Waals surface area (Å²) in [5.74, 6) is 0.103. The van der Waals surface area contributed by atoms with Crippen LogP contribution in [0, 0.1) is 11.8 Å². The molecule has 114 valence electrons. The van der Waals surface area contributed by atoms with Crippen LogP contribution in [-0.4, -0.2) is 28.4 Å². The van der Waals surface area contributed by atoms with Gasteiger partial charge in [-0.3, -0.25) is 4.79 Å². The van der Waals surface area contributed by atoms with Gasteiger partial charge in [0.1, 0.15) is 0 Å². The lowest BCUT2D eigenvalue weighted by atomic mass is 9.93. The Kier molecular flexibility index (Phi) is 4.66. The highest BCUT2D eigenvalue weighted by molar-refractivity contribution is 5.88. The van der Waals surface area contributed by atoms with Crippen LogP contribution in [0.3, 0.4) is 0 Å². The van der Waals surface area contributed by atoms with E-state index in [1.165, 1.54) is 0 Å². The number of benzene rings is 1. The first-order chi connectivity index (χ1) is 9.88. The normalized spacial score (nSPS) is 15.7. The van der Waals surface area contributed by atoms with Crippen molar-refractivity contribution in [1.29, 1.82) is 0 Å². The molecule has 0 saturated heterocycles. The first-order valence-corrected chi connectivity index (χ1v) is 7.51. The Balaban J connectivity index is 2.09. The molecular formula is C17H23NO3. The van der Waals surface area contributed by atoms with Crippen LogP contribution in [0.2, 0.25) is 0 Å². The molecule has 0 spiro atoms. The number of carbonyl (C=O) groups is 2. The molecule has 0 aromatic heterocycles. The molecule has 2 rings (SSSR count). The van der Waals surface area contributed by atoms with Crippen molar-refractivity contribution in [1.82, 2.24) is 4.90 Å². The van der Waals surface area contributed by atoms with Gasteiger partial charge in [-0.1, -0.05) is 26.8 Å². The molecule has 0 aliphatic carbocycles. The minimum absolute atomic E-state index is 0.169. The van der Waals surface area contributed by atoms with Gasteiger partial charge in [0.15, 0.2) is 0 Å². The minimum atomic E-state index is -0.922. The highest BCUT2D eigenvalue weighted by Gasteiger charge is 2.23. The molecule has 1 aromatic rings. The summed E-state index contributed by atoms with van der Waals surface area (Å²) in [6, 6.07) is 5.21. The van der Waals surface area contributed by atoms with E-state index in [1.807, 2.05) is 11.0 Å². The number of carbonyl (C=O) groups excluding carboxylic acids is 1. The van der Waals surface area contributed by atoms with Crippen molar-refractivity contribution in [2.45, 2.75) is 40.2 Å². The van der Waals surface area contributed by atoms with Crippen LogP contribution < -0.4 is 0 Å². The summed E-state index contributed by atoms with van der Waals surface area (Å²) in [5.41, 5.74) is 2.41. The van der Waals surface area contributed by atoms with E-state index in [0.29, 0.717) is 30.4 Å². The Morgan fingerprint density at radius 1 is 1.24 bits per heavy atom. The molecular weight excluding hydrogens is 266 g/mol. The van der Waals surface area contributed by atoms with E-state index in [4.69, 9.17) is 5.11 Å². The lowest BCUT2D eigenvalue weighted by molar-refractivity contribution is -0.133. The van der Waals surface area contributed by atoms with E-state index in [9.17, 15) is 9.59 Å². The van der Waals surface area contributed by atoms with Crippen molar-refractivity contribution in [2.75, 3.05) is 6.54 Å². The van der Waals surface area contributed by atoms with Crippen molar-refractivity contribution in [3.05, 3.63) is 34.9 Å². The zero-order valence-corrected chi connectivity index (χ0v) is 12.9. The molecule has 21 heavy (non-hydrogen) atoms. The largest absolute Gasteiger partial charge is 0.478 e.